The first kappa shape index (κ1) is 27.9. The normalized spacial score (nSPS) is 29.0. The van der Waals surface area contributed by atoms with E-state index in [2.05, 4.69) is 16.7 Å². The van der Waals surface area contributed by atoms with Gasteiger partial charge in [0, 0.05) is 48.1 Å². The van der Waals surface area contributed by atoms with Crippen LogP contribution in [-0.4, -0.2) is 70.9 Å². The van der Waals surface area contributed by atoms with Crippen LogP contribution in [0.5, 0.6) is 11.5 Å². The average molecular weight is 569 g/mol. The van der Waals surface area contributed by atoms with Crippen molar-refractivity contribution in [2.24, 2.45) is 5.92 Å². The quantitative estimate of drug-likeness (QED) is 0.532. The first-order valence-corrected chi connectivity index (χ1v) is 14.3. The molecule has 3 fully saturated rings. The number of aliphatic hydroxyl groups is 1. The molecule has 9 heteroatoms. The molecule has 2 saturated carbocycles. The molecule has 1 aliphatic heterocycles. The van der Waals surface area contributed by atoms with Crippen LogP contribution in [0, 0.1) is 17.8 Å². The number of fused-ring (bicyclic) bond motifs is 1. The lowest BCUT2D eigenvalue weighted by molar-refractivity contribution is -0.178. The van der Waals surface area contributed by atoms with Gasteiger partial charge >= 0.3 is 6.18 Å². The van der Waals surface area contributed by atoms with E-state index in [4.69, 9.17) is 4.74 Å². The number of halogens is 3. The van der Waals surface area contributed by atoms with Gasteiger partial charge in [0.15, 0.2) is 11.5 Å². The number of hydrogen-bond donors (Lipinski definition) is 2. The van der Waals surface area contributed by atoms with E-state index in [0.717, 1.165) is 36.3 Å². The molecule has 6 rings (SSSR count). The number of ether oxygens (including phenoxy) is 1. The van der Waals surface area contributed by atoms with Gasteiger partial charge in [-0.05, 0) is 93.3 Å². The molecular weight excluding hydrogens is 533 g/mol. The largest absolute Gasteiger partial charge is 0.504 e. The number of rotatable bonds is 4. The van der Waals surface area contributed by atoms with Gasteiger partial charge in [0.25, 0.3) is 5.91 Å². The predicted octanol–water partition coefficient (Wildman–Crippen LogP) is 4.49. The van der Waals surface area contributed by atoms with Crippen molar-refractivity contribution < 1.29 is 32.9 Å². The average Bonchev–Trinajstić information content (AvgIpc) is 3.76. The molecule has 4 atom stereocenters. The Bertz CT molecular complexity index is 1410. The second-order valence-electron chi connectivity index (χ2n) is 12.2. The summed E-state index contributed by atoms with van der Waals surface area (Å²) < 4.78 is 44.4. The molecule has 3 aliphatic carbocycles. The number of nitrogens with zero attached hydrogens (tertiary/aromatic N) is 2. The molecule has 2 bridgehead atoms. The van der Waals surface area contributed by atoms with Gasteiger partial charge in [-0.1, -0.05) is 12.0 Å². The maximum absolute atomic E-state index is 13.2. The summed E-state index contributed by atoms with van der Waals surface area (Å²) >= 11 is 0. The number of alkyl halides is 3. The van der Waals surface area contributed by atoms with E-state index in [1.807, 2.05) is 6.07 Å². The van der Waals surface area contributed by atoms with Crippen molar-refractivity contribution >= 4 is 5.91 Å². The number of phenols is 1. The molecule has 2 aromatic rings. The lowest BCUT2D eigenvalue weighted by atomic mass is 9.48. The van der Waals surface area contributed by atoms with Gasteiger partial charge in [-0.2, -0.15) is 13.2 Å². The van der Waals surface area contributed by atoms with Crippen LogP contribution in [0.25, 0.3) is 0 Å². The van der Waals surface area contributed by atoms with Gasteiger partial charge < -0.3 is 19.8 Å². The molecule has 218 valence electrons. The van der Waals surface area contributed by atoms with Gasteiger partial charge in [-0.3, -0.25) is 9.69 Å². The Labute approximate surface area is 238 Å². The number of amides is 1. The Morgan fingerprint density at radius 1 is 1.15 bits per heavy atom. The maximum atomic E-state index is 13.2. The Balaban J connectivity index is 1.30. The molecule has 0 radical (unpaired) electrons. The number of methoxy groups -OCH3 is 1. The van der Waals surface area contributed by atoms with Crippen molar-refractivity contribution in [2.45, 2.75) is 74.2 Å². The monoisotopic (exact) mass is 568 g/mol. The van der Waals surface area contributed by atoms with Gasteiger partial charge in [0.2, 0.25) is 0 Å². The standard InChI is InChI=1S/C32H35F3N2O4/c1-36(27(39)12-7-20-5-9-23(10-6-20)32(33,34)35)24-13-14-31(40)26-17-22-8-11-25(38)29(41-2)28(22)30(31,18-24)15-16-37(26)19-21-3-4-21/h5-6,8-11,21,24,26,38,40H,3-4,13-19H2,1-2H3/t24-,26+,30+,31+/m0/s1. The molecule has 2 aromatic carbocycles. The second-order valence-corrected chi connectivity index (χ2v) is 12.2. The predicted molar refractivity (Wildman–Crippen MR) is 146 cm³/mol. The third kappa shape index (κ3) is 4.65. The van der Waals surface area contributed by atoms with Crippen molar-refractivity contribution in [3.63, 3.8) is 0 Å². The molecule has 2 N–H and O–H groups in total. The van der Waals surface area contributed by atoms with Gasteiger partial charge in [0.05, 0.1) is 18.3 Å². The third-order valence-corrected chi connectivity index (χ3v) is 9.99. The molecule has 1 saturated heterocycles. The highest BCUT2D eigenvalue weighted by Gasteiger charge is 2.66. The number of benzene rings is 2. The number of piperidine rings is 1. The van der Waals surface area contributed by atoms with E-state index >= 15 is 0 Å². The minimum absolute atomic E-state index is 0.0378. The number of carbonyl (C=O) groups excluding carboxylic acids is 1. The van der Waals surface area contributed by atoms with Crippen molar-refractivity contribution in [3.05, 3.63) is 58.7 Å². The minimum atomic E-state index is -4.44. The van der Waals surface area contributed by atoms with Crippen molar-refractivity contribution in [1.29, 1.82) is 0 Å². The van der Waals surface area contributed by atoms with E-state index in [-0.39, 0.29) is 17.8 Å². The molecule has 6 nitrogen and oxygen atoms in total. The Kier molecular flexibility index (Phi) is 6.78. The summed E-state index contributed by atoms with van der Waals surface area (Å²) in [7, 11) is 3.23. The Morgan fingerprint density at radius 3 is 2.54 bits per heavy atom. The number of likely N-dealkylation sites (tertiary alicyclic amines) is 1. The fourth-order valence-corrected chi connectivity index (χ4v) is 7.67. The molecule has 0 aromatic heterocycles. The number of hydrogen-bond acceptors (Lipinski definition) is 5. The zero-order valence-electron chi connectivity index (χ0n) is 23.3. The highest BCUT2D eigenvalue weighted by Crippen LogP contribution is 2.61. The fourth-order valence-electron chi connectivity index (χ4n) is 7.67. The smallest absolute Gasteiger partial charge is 0.416 e. The summed E-state index contributed by atoms with van der Waals surface area (Å²) in [6.07, 6.45) is 0.951. The van der Waals surface area contributed by atoms with E-state index in [0.29, 0.717) is 49.3 Å². The number of aromatic hydroxyl groups is 1. The number of phenolic OH excluding ortho intramolecular Hbond substituents is 1. The highest BCUT2D eigenvalue weighted by molar-refractivity contribution is 5.94. The van der Waals surface area contributed by atoms with E-state index < -0.39 is 28.7 Å². The minimum Gasteiger partial charge on any atom is -0.504 e. The maximum Gasteiger partial charge on any atom is 0.416 e. The molecule has 1 heterocycles. The van der Waals surface area contributed by atoms with Crippen LogP contribution in [0.3, 0.4) is 0 Å². The van der Waals surface area contributed by atoms with Crippen molar-refractivity contribution in [1.82, 2.24) is 9.80 Å². The third-order valence-electron chi connectivity index (χ3n) is 9.99. The van der Waals surface area contributed by atoms with Crippen molar-refractivity contribution in [2.75, 3.05) is 27.2 Å². The lowest BCUT2D eigenvalue weighted by Gasteiger charge is -2.65. The molecule has 0 spiro atoms. The number of carbonyl (C=O) groups is 1. The van der Waals surface area contributed by atoms with E-state index in [1.54, 1.807) is 18.0 Å². The molecule has 4 aliphatic rings. The molecule has 0 unspecified atom stereocenters. The van der Waals surface area contributed by atoms with Crippen LogP contribution < -0.4 is 4.74 Å². The summed E-state index contributed by atoms with van der Waals surface area (Å²) in [6, 6.07) is 7.75. The topological polar surface area (TPSA) is 73.2 Å². The molecular formula is C32H35F3N2O4. The Morgan fingerprint density at radius 2 is 1.88 bits per heavy atom. The zero-order chi connectivity index (χ0) is 29.2. The fraction of sp³-hybridized carbons (Fsp3) is 0.531. The SMILES string of the molecule is COc1c(O)ccc2c1[C@]13CCN(CC4CC4)[C@H](C2)[C@]1(O)CC[C@H](N(C)C(=O)C#Cc1ccc(C(F)(F)F)cc1)C3. The van der Waals surface area contributed by atoms with Gasteiger partial charge in [0.1, 0.15) is 0 Å². The summed E-state index contributed by atoms with van der Waals surface area (Å²) in [6.45, 7) is 1.80. The molecule has 41 heavy (non-hydrogen) atoms. The van der Waals surface area contributed by atoms with E-state index in [1.165, 1.54) is 32.1 Å². The van der Waals surface area contributed by atoms with Crippen LogP contribution in [0.15, 0.2) is 36.4 Å². The first-order chi connectivity index (χ1) is 19.5. The lowest BCUT2D eigenvalue weighted by Crippen LogP contribution is -2.74. The van der Waals surface area contributed by atoms with Crippen LogP contribution in [0.4, 0.5) is 13.2 Å². The van der Waals surface area contributed by atoms with Crippen molar-refractivity contribution in [3.8, 4) is 23.3 Å². The molecule has 1 amide bonds. The van der Waals surface area contributed by atoms with Crippen LogP contribution in [0.2, 0.25) is 0 Å². The van der Waals surface area contributed by atoms with Gasteiger partial charge in [-0.15, -0.1) is 0 Å². The summed E-state index contributed by atoms with van der Waals surface area (Å²) in [5, 5.41) is 23.4. The van der Waals surface area contributed by atoms with Gasteiger partial charge in [-0.25, -0.2) is 0 Å². The highest BCUT2D eigenvalue weighted by atomic mass is 19.4. The van der Waals surface area contributed by atoms with Crippen LogP contribution in [-0.2, 0) is 22.8 Å². The van der Waals surface area contributed by atoms with Crippen LogP contribution >= 0.6 is 0 Å². The summed E-state index contributed by atoms with van der Waals surface area (Å²) in [4.78, 5) is 17.3. The zero-order valence-corrected chi connectivity index (χ0v) is 23.3. The summed E-state index contributed by atoms with van der Waals surface area (Å²) in [5.41, 5.74) is -0.286. The van der Waals surface area contributed by atoms with E-state index in [9.17, 15) is 28.2 Å². The Hall–Kier alpha value is -3.22. The second kappa shape index (κ2) is 9.95. The van der Waals surface area contributed by atoms with Crippen LogP contribution in [0.1, 0.15) is 60.8 Å². The first-order valence-electron chi connectivity index (χ1n) is 14.3. The summed E-state index contributed by atoms with van der Waals surface area (Å²) in [5.74, 6) is 5.98.